The molecule has 0 unspecified atom stereocenters. The monoisotopic (exact) mass is 395 g/mol. The number of hydrogen-bond donors (Lipinski definition) is 3. The molecule has 0 saturated carbocycles. The summed E-state index contributed by atoms with van der Waals surface area (Å²) >= 11 is 0. The molecule has 3 aromatic rings. The number of nitrogens with zero attached hydrogens (tertiary/aromatic N) is 4. The zero-order chi connectivity index (χ0) is 20.4. The quantitative estimate of drug-likeness (QED) is 0.532. The lowest BCUT2D eigenvalue weighted by Crippen LogP contribution is -2.52. The summed E-state index contributed by atoms with van der Waals surface area (Å²) in [6.07, 6.45) is 4.20. The summed E-state index contributed by atoms with van der Waals surface area (Å²) in [7, 11) is 0. The van der Waals surface area contributed by atoms with Gasteiger partial charge in [-0.1, -0.05) is 6.07 Å². The number of hydrogen-bond acceptors (Lipinski definition) is 6. The number of benzene rings is 1. The van der Waals surface area contributed by atoms with Crippen molar-refractivity contribution in [2.45, 2.75) is 5.54 Å². The van der Waals surface area contributed by atoms with E-state index in [4.69, 9.17) is 0 Å². The number of urea groups is 1. The minimum Gasteiger partial charge on any atom is -0.347 e. The van der Waals surface area contributed by atoms with Crippen LogP contribution in [-0.4, -0.2) is 44.4 Å². The molecule has 3 heterocycles. The van der Waals surface area contributed by atoms with Gasteiger partial charge in [0.25, 0.3) is 11.8 Å². The summed E-state index contributed by atoms with van der Waals surface area (Å²) in [5.74, 6) is -1.61. The Labute approximate surface area is 163 Å². The Hall–Kier alpha value is -4.15. The fourth-order valence-electron chi connectivity index (χ4n) is 2.91. The number of rotatable bonds is 5. The van der Waals surface area contributed by atoms with Gasteiger partial charge >= 0.3 is 6.03 Å². The minimum absolute atomic E-state index is 0.0135. The zero-order valence-electron chi connectivity index (χ0n) is 14.8. The molecule has 1 saturated heterocycles. The molecular formula is C18H14FN7O3. The lowest BCUT2D eigenvalue weighted by molar-refractivity contribution is -0.124. The third kappa shape index (κ3) is 3.40. The van der Waals surface area contributed by atoms with Crippen molar-refractivity contribution in [1.82, 2.24) is 35.9 Å². The van der Waals surface area contributed by atoms with Crippen molar-refractivity contribution in [2.24, 2.45) is 0 Å². The van der Waals surface area contributed by atoms with Gasteiger partial charge in [0.05, 0.1) is 18.4 Å². The van der Waals surface area contributed by atoms with Crippen LogP contribution in [0.3, 0.4) is 0 Å². The summed E-state index contributed by atoms with van der Waals surface area (Å²) in [5.41, 5.74) is -0.618. The molecule has 146 valence electrons. The van der Waals surface area contributed by atoms with E-state index in [0.717, 1.165) is 0 Å². The lowest BCUT2D eigenvalue weighted by Gasteiger charge is -2.26. The van der Waals surface area contributed by atoms with Gasteiger partial charge < -0.3 is 10.6 Å². The maximum absolute atomic E-state index is 13.0. The van der Waals surface area contributed by atoms with Crippen molar-refractivity contribution < 1.29 is 18.8 Å². The van der Waals surface area contributed by atoms with E-state index in [0.29, 0.717) is 11.3 Å². The third-order valence-corrected chi connectivity index (χ3v) is 4.39. The molecule has 2 aromatic heterocycles. The highest BCUT2D eigenvalue weighted by atomic mass is 19.1. The second-order valence-corrected chi connectivity index (χ2v) is 6.23. The Kier molecular flexibility index (Phi) is 4.47. The summed E-state index contributed by atoms with van der Waals surface area (Å²) in [4.78, 5) is 41.8. The second-order valence-electron chi connectivity index (χ2n) is 6.23. The molecule has 1 aromatic carbocycles. The molecule has 1 atom stereocenters. The molecule has 11 heteroatoms. The van der Waals surface area contributed by atoms with Crippen LogP contribution in [-0.2, 0) is 10.3 Å². The van der Waals surface area contributed by atoms with Crippen LogP contribution in [0.25, 0.3) is 5.69 Å². The maximum atomic E-state index is 13.0. The van der Waals surface area contributed by atoms with Crippen molar-refractivity contribution >= 4 is 17.8 Å². The van der Waals surface area contributed by atoms with Crippen LogP contribution in [0.2, 0.25) is 0 Å². The third-order valence-electron chi connectivity index (χ3n) is 4.39. The van der Waals surface area contributed by atoms with Crippen LogP contribution >= 0.6 is 0 Å². The van der Waals surface area contributed by atoms with E-state index in [1.54, 1.807) is 12.1 Å². The molecule has 0 spiro atoms. The summed E-state index contributed by atoms with van der Waals surface area (Å²) < 4.78 is 13.0. The van der Waals surface area contributed by atoms with Gasteiger partial charge in [0, 0.05) is 18.0 Å². The zero-order valence-corrected chi connectivity index (χ0v) is 14.8. The van der Waals surface area contributed by atoms with Crippen LogP contribution in [0, 0.1) is 5.82 Å². The first-order chi connectivity index (χ1) is 14.0. The molecule has 10 nitrogen and oxygen atoms in total. The summed E-state index contributed by atoms with van der Waals surface area (Å²) in [6, 6.07) is 7.99. The van der Waals surface area contributed by atoms with Crippen molar-refractivity contribution in [3.8, 4) is 5.69 Å². The van der Waals surface area contributed by atoms with E-state index in [-0.39, 0.29) is 12.2 Å². The second kappa shape index (κ2) is 7.11. The molecule has 1 aliphatic heterocycles. The number of halogens is 1. The van der Waals surface area contributed by atoms with Gasteiger partial charge in [0.2, 0.25) is 0 Å². The van der Waals surface area contributed by atoms with E-state index in [1.807, 2.05) is 0 Å². The van der Waals surface area contributed by atoms with Crippen molar-refractivity contribution in [3.05, 3.63) is 72.1 Å². The molecule has 1 aliphatic rings. The predicted molar refractivity (Wildman–Crippen MR) is 96.2 cm³/mol. The minimum atomic E-state index is -1.49. The molecule has 1 fully saturated rings. The van der Waals surface area contributed by atoms with Crippen LogP contribution in [0.1, 0.15) is 16.1 Å². The topological polar surface area (TPSA) is 131 Å². The Morgan fingerprint density at radius 1 is 1.17 bits per heavy atom. The number of carbonyl (C=O) groups excluding carboxylic acids is 3. The first-order valence-corrected chi connectivity index (χ1v) is 8.48. The number of aromatic nitrogens is 4. The van der Waals surface area contributed by atoms with Gasteiger partial charge in [-0.05, 0) is 30.3 Å². The van der Waals surface area contributed by atoms with Gasteiger partial charge in [-0.25, -0.2) is 9.18 Å². The Bertz CT molecular complexity index is 1080. The Morgan fingerprint density at radius 3 is 2.62 bits per heavy atom. The molecule has 3 N–H and O–H groups in total. The molecule has 4 rings (SSSR count). The van der Waals surface area contributed by atoms with E-state index >= 15 is 0 Å². The molecular weight excluding hydrogens is 381 g/mol. The number of carbonyl (C=O) groups is 3. The highest BCUT2D eigenvalue weighted by Gasteiger charge is 2.48. The first kappa shape index (κ1) is 18.2. The van der Waals surface area contributed by atoms with E-state index in [2.05, 4.69) is 31.1 Å². The van der Waals surface area contributed by atoms with Crippen LogP contribution in [0.15, 0.2) is 55.0 Å². The average molecular weight is 395 g/mol. The normalized spacial score (nSPS) is 18.2. The summed E-state index contributed by atoms with van der Waals surface area (Å²) in [5, 5.41) is 15.3. The Morgan fingerprint density at radius 2 is 1.97 bits per heavy atom. The molecule has 0 radical (unpaired) electrons. The van der Waals surface area contributed by atoms with E-state index < -0.39 is 29.2 Å². The fourth-order valence-corrected chi connectivity index (χ4v) is 2.91. The number of nitrogens with one attached hydrogen (secondary N) is 3. The van der Waals surface area contributed by atoms with Gasteiger partial charge in [0.15, 0.2) is 11.2 Å². The summed E-state index contributed by atoms with van der Waals surface area (Å²) in [6.45, 7) is -0.224. The predicted octanol–water partition coefficient (Wildman–Crippen LogP) is 0.266. The van der Waals surface area contributed by atoms with Gasteiger partial charge in [0.1, 0.15) is 5.82 Å². The van der Waals surface area contributed by atoms with E-state index in [9.17, 15) is 18.8 Å². The lowest BCUT2D eigenvalue weighted by atomic mass is 9.91. The smallest absolute Gasteiger partial charge is 0.322 e. The van der Waals surface area contributed by atoms with Crippen LogP contribution < -0.4 is 16.0 Å². The van der Waals surface area contributed by atoms with Crippen molar-refractivity contribution in [3.63, 3.8) is 0 Å². The molecule has 0 bridgehead atoms. The molecule has 4 amide bonds. The standard InChI is InChI=1S/C18H14FN7O3/c19-12-3-5-13(6-4-12)26-22-9-14(25-26)15(27)21-10-18(11-2-1-7-20-8-11)16(28)23-17(29)24-18/h1-9H,10H2,(H,21,27)(H2,23,24,28,29)/t18-/m0/s1. The highest BCUT2D eigenvalue weighted by Crippen LogP contribution is 2.23. The van der Waals surface area contributed by atoms with Crippen molar-refractivity contribution in [2.75, 3.05) is 6.54 Å². The fraction of sp³-hybridized carbons (Fsp3) is 0.111. The maximum Gasteiger partial charge on any atom is 0.322 e. The number of imide groups is 1. The largest absolute Gasteiger partial charge is 0.347 e. The Balaban J connectivity index is 1.53. The number of amides is 4. The van der Waals surface area contributed by atoms with Gasteiger partial charge in [-0.15, -0.1) is 5.10 Å². The van der Waals surface area contributed by atoms with Crippen molar-refractivity contribution in [1.29, 1.82) is 0 Å². The van der Waals surface area contributed by atoms with Gasteiger partial charge in [-0.3, -0.25) is 19.9 Å². The number of pyridine rings is 1. The molecule has 29 heavy (non-hydrogen) atoms. The van der Waals surface area contributed by atoms with Gasteiger partial charge in [-0.2, -0.15) is 9.90 Å². The first-order valence-electron chi connectivity index (χ1n) is 8.48. The highest BCUT2D eigenvalue weighted by molar-refractivity contribution is 6.08. The van der Waals surface area contributed by atoms with Crippen LogP contribution in [0.4, 0.5) is 9.18 Å². The SMILES string of the molecule is O=C1NC(=O)[C@](CNC(=O)c2cnn(-c3ccc(F)cc3)n2)(c2cccnc2)N1. The van der Waals surface area contributed by atoms with E-state index in [1.165, 1.54) is 47.7 Å². The van der Waals surface area contributed by atoms with Crippen LogP contribution in [0.5, 0.6) is 0 Å². The average Bonchev–Trinajstić information content (AvgIpc) is 3.32. The molecule has 0 aliphatic carbocycles.